The maximum absolute atomic E-state index is 10.8. The summed E-state index contributed by atoms with van der Waals surface area (Å²) in [5.74, 6) is 0.726. The number of piperidine rings is 1. The van der Waals surface area contributed by atoms with Gasteiger partial charge in [0.1, 0.15) is 0 Å². The van der Waals surface area contributed by atoms with Crippen LogP contribution in [-0.4, -0.2) is 35.5 Å². The fraction of sp³-hybridized carbons (Fsp3) is 1.00. The van der Waals surface area contributed by atoms with Crippen molar-refractivity contribution >= 4 is 0 Å². The van der Waals surface area contributed by atoms with Crippen molar-refractivity contribution in [2.75, 3.05) is 6.54 Å². The molecule has 4 unspecified atom stereocenters. The van der Waals surface area contributed by atoms with Crippen LogP contribution in [0.1, 0.15) is 46.5 Å². The van der Waals surface area contributed by atoms with Crippen molar-refractivity contribution in [2.24, 2.45) is 5.92 Å². The molecule has 2 N–H and O–H groups in total. The lowest BCUT2D eigenvalue weighted by atomic mass is 9.76. The van der Waals surface area contributed by atoms with Crippen LogP contribution in [0.3, 0.4) is 0 Å². The third-order valence-electron chi connectivity index (χ3n) is 4.06. The molecular formula is C13H25NO2. The molecule has 3 nitrogen and oxygen atoms in total. The molecule has 0 aromatic heterocycles. The highest BCUT2D eigenvalue weighted by atomic mass is 16.5. The molecule has 2 saturated heterocycles. The molecule has 0 aromatic carbocycles. The molecule has 2 fully saturated rings. The van der Waals surface area contributed by atoms with Gasteiger partial charge in [0.25, 0.3) is 0 Å². The molecule has 2 rings (SSSR count). The predicted octanol–water partition coefficient (Wildman–Crippen LogP) is 1.69. The summed E-state index contributed by atoms with van der Waals surface area (Å²) in [6.45, 7) is 7.45. The van der Waals surface area contributed by atoms with Crippen LogP contribution in [0, 0.1) is 5.92 Å². The second-order valence-corrected chi connectivity index (χ2v) is 5.91. The highest BCUT2D eigenvalue weighted by molar-refractivity contribution is 4.98. The van der Waals surface area contributed by atoms with Crippen LogP contribution in [0.5, 0.6) is 0 Å². The summed E-state index contributed by atoms with van der Waals surface area (Å²) < 4.78 is 5.71. The van der Waals surface area contributed by atoms with Gasteiger partial charge in [-0.1, -0.05) is 6.92 Å². The molecule has 2 aliphatic rings. The highest BCUT2D eigenvalue weighted by Gasteiger charge is 2.44. The van der Waals surface area contributed by atoms with E-state index in [0.29, 0.717) is 0 Å². The summed E-state index contributed by atoms with van der Waals surface area (Å²) in [5, 5.41) is 14.3. The standard InChI is InChI=1S/C13H25NO2/c1-9-4-5-14-12(6-9)13(15)7-10(2)16-11(3)8-13/h9-12,14-15H,4-8H2,1-3H3. The van der Waals surface area contributed by atoms with Gasteiger partial charge in [-0.05, 0) is 39.2 Å². The molecule has 4 atom stereocenters. The van der Waals surface area contributed by atoms with E-state index in [1.165, 1.54) is 6.42 Å². The van der Waals surface area contributed by atoms with E-state index in [4.69, 9.17) is 4.74 Å². The van der Waals surface area contributed by atoms with Crippen LogP contribution in [-0.2, 0) is 4.74 Å². The Balaban J connectivity index is 2.04. The lowest BCUT2D eigenvalue weighted by molar-refractivity contribution is -0.149. The molecule has 0 radical (unpaired) electrons. The Kier molecular flexibility index (Phi) is 3.57. The molecule has 2 aliphatic heterocycles. The van der Waals surface area contributed by atoms with Crippen molar-refractivity contribution < 1.29 is 9.84 Å². The van der Waals surface area contributed by atoms with E-state index >= 15 is 0 Å². The van der Waals surface area contributed by atoms with Gasteiger partial charge in [0.2, 0.25) is 0 Å². The third kappa shape index (κ3) is 2.58. The molecule has 0 bridgehead atoms. The molecule has 16 heavy (non-hydrogen) atoms. The molecule has 0 aromatic rings. The first-order valence-electron chi connectivity index (χ1n) is 6.61. The van der Waals surface area contributed by atoms with Gasteiger partial charge < -0.3 is 15.2 Å². The van der Waals surface area contributed by atoms with Crippen molar-refractivity contribution in [1.82, 2.24) is 5.32 Å². The van der Waals surface area contributed by atoms with Gasteiger partial charge in [-0.3, -0.25) is 0 Å². The average Bonchev–Trinajstić information content (AvgIpc) is 2.15. The number of aliphatic hydroxyl groups is 1. The fourth-order valence-corrected chi connectivity index (χ4v) is 3.37. The number of hydrogen-bond acceptors (Lipinski definition) is 3. The van der Waals surface area contributed by atoms with E-state index in [2.05, 4.69) is 26.1 Å². The summed E-state index contributed by atoms with van der Waals surface area (Å²) in [5.41, 5.74) is -0.564. The Hall–Kier alpha value is -0.120. The van der Waals surface area contributed by atoms with Crippen LogP contribution >= 0.6 is 0 Å². The molecule has 3 heteroatoms. The Bertz CT molecular complexity index is 234. The van der Waals surface area contributed by atoms with E-state index in [1.54, 1.807) is 0 Å². The van der Waals surface area contributed by atoms with Gasteiger partial charge in [-0.25, -0.2) is 0 Å². The minimum absolute atomic E-state index is 0.174. The van der Waals surface area contributed by atoms with Crippen LogP contribution in [0.25, 0.3) is 0 Å². The van der Waals surface area contributed by atoms with Crippen molar-refractivity contribution in [3.8, 4) is 0 Å². The zero-order chi connectivity index (χ0) is 11.8. The van der Waals surface area contributed by atoms with Gasteiger partial charge in [-0.15, -0.1) is 0 Å². The number of rotatable bonds is 1. The molecule has 0 spiro atoms. The minimum atomic E-state index is -0.564. The number of nitrogens with one attached hydrogen (secondary N) is 1. The maximum atomic E-state index is 10.8. The van der Waals surface area contributed by atoms with Crippen LogP contribution in [0.4, 0.5) is 0 Å². The minimum Gasteiger partial charge on any atom is -0.388 e. The van der Waals surface area contributed by atoms with Crippen molar-refractivity contribution in [2.45, 2.75) is 70.3 Å². The van der Waals surface area contributed by atoms with Crippen LogP contribution in [0.2, 0.25) is 0 Å². The Morgan fingerprint density at radius 3 is 2.38 bits per heavy atom. The molecule has 0 amide bonds. The van der Waals surface area contributed by atoms with Gasteiger partial charge in [0.15, 0.2) is 0 Å². The summed E-state index contributed by atoms with van der Waals surface area (Å²) >= 11 is 0. The Labute approximate surface area is 98.6 Å². The van der Waals surface area contributed by atoms with E-state index < -0.39 is 5.60 Å². The Morgan fingerprint density at radius 1 is 1.19 bits per heavy atom. The number of ether oxygens (including phenoxy) is 1. The smallest absolute Gasteiger partial charge is 0.0849 e. The molecule has 0 aliphatic carbocycles. The molecule has 94 valence electrons. The lowest BCUT2D eigenvalue weighted by Gasteiger charge is -2.46. The van der Waals surface area contributed by atoms with Crippen molar-refractivity contribution in [3.63, 3.8) is 0 Å². The quantitative estimate of drug-likeness (QED) is 0.716. The summed E-state index contributed by atoms with van der Waals surface area (Å²) in [4.78, 5) is 0. The fourth-order valence-electron chi connectivity index (χ4n) is 3.37. The van der Waals surface area contributed by atoms with Crippen molar-refractivity contribution in [1.29, 1.82) is 0 Å². The first kappa shape index (κ1) is 12.3. The van der Waals surface area contributed by atoms with E-state index in [-0.39, 0.29) is 18.2 Å². The van der Waals surface area contributed by atoms with Crippen LogP contribution in [0.15, 0.2) is 0 Å². The molecule has 2 heterocycles. The highest BCUT2D eigenvalue weighted by Crippen LogP contribution is 2.35. The summed E-state index contributed by atoms with van der Waals surface area (Å²) in [6.07, 6.45) is 4.20. The SMILES string of the molecule is CC1CCNC(C2(O)CC(C)OC(C)C2)C1. The topological polar surface area (TPSA) is 41.5 Å². The maximum Gasteiger partial charge on any atom is 0.0849 e. The average molecular weight is 227 g/mol. The van der Waals surface area contributed by atoms with Gasteiger partial charge in [0, 0.05) is 18.9 Å². The molecule has 0 saturated carbocycles. The zero-order valence-corrected chi connectivity index (χ0v) is 10.7. The van der Waals surface area contributed by atoms with Gasteiger partial charge >= 0.3 is 0 Å². The summed E-state index contributed by atoms with van der Waals surface area (Å²) in [6, 6.07) is 0.255. The van der Waals surface area contributed by atoms with E-state index in [9.17, 15) is 5.11 Å². The first-order valence-corrected chi connectivity index (χ1v) is 6.61. The molecular weight excluding hydrogens is 202 g/mol. The third-order valence-corrected chi connectivity index (χ3v) is 4.06. The van der Waals surface area contributed by atoms with Gasteiger partial charge in [0.05, 0.1) is 17.8 Å². The van der Waals surface area contributed by atoms with E-state index in [1.807, 2.05) is 0 Å². The Morgan fingerprint density at radius 2 is 1.81 bits per heavy atom. The largest absolute Gasteiger partial charge is 0.388 e. The normalized spacial score (nSPS) is 50.2. The number of hydrogen-bond donors (Lipinski definition) is 2. The monoisotopic (exact) mass is 227 g/mol. The van der Waals surface area contributed by atoms with Crippen molar-refractivity contribution in [3.05, 3.63) is 0 Å². The van der Waals surface area contributed by atoms with E-state index in [0.717, 1.165) is 31.7 Å². The van der Waals surface area contributed by atoms with Gasteiger partial charge in [-0.2, -0.15) is 0 Å². The zero-order valence-electron chi connectivity index (χ0n) is 10.7. The summed E-state index contributed by atoms with van der Waals surface area (Å²) in [7, 11) is 0. The lowest BCUT2D eigenvalue weighted by Crippen LogP contribution is -2.58. The second kappa shape index (κ2) is 4.63. The second-order valence-electron chi connectivity index (χ2n) is 5.91. The van der Waals surface area contributed by atoms with Crippen LogP contribution < -0.4 is 5.32 Å². The predicted molar refractivity (Wildman–Crippen MR) is 64.4 cm³/mol. The first-order chi connectivity index (χ1) is 7.49.